The van der Waals surface area contributed by atoms with E-state index in [2.05, 4.69) is 5.32 Å². The highest BCUT2D eigenvalue weighted by Gasteiger charge is 2.33. The van der Waals surface area contributed by atoms with Crippen molar-refractivity contribution < 1.29 is 14.3 Å². The first-order chi connectivity index (χ1) is 11.5. The topological polar surface area (TPSA) is 50.8 Å². The van der Waals surface area contributed by atoms with E-state index in [-0.39, 0.29) is 18.1 Å². The molecule has 0 aliphatic carbocycles. The number of ether oxygens (including phenoxy) is 2. The Bertz CT molecular complexity index is 758. The average molecular weight is 326 g/mol. The highest BCUT2D eigenvalue weighted by molar-refractivity contribution is 5.96. The minimum Gasteiger partial charge on any atom is -0.497 e. The molecule has 2 amide bonds. The zero-order valence-electron chi connectivity index (χ0n) is 14.4. The smallest absolute Gasteiger partial charge is 0.322 e. The van der Waals surface area contributed by atoms with E-state index in [1.165, 1.54) is 0 Å². The number of fused-ring (bicyclic) bond motifs is 1. The number of carbonyl (C=O) groups is 1. The van der Waals surface area contributed by atoms with E-state index < -0.39 is 0 Å². The Morgan fingerprint density at radius 2 is 1.75 bits per heavy atom. The van der Waals surface area contributed by atoms with Gasteiger partial charge >= 0.3 is 6.03 Å². The molecule has 5 heteroatoms. The fourth-order valence-electron chi connectivity index (χ4n) is 3.09. The van der Waals surface area contributed by atoms with Crippen LogP contribution in [0.2, 0.25) is 0 Å². The summed E-state index contributed by atoms with van der Waals surface area (Å²) in [5, 5.41) is 3.10. The molecule has 0 fully saturated rings. The van der Waals surface area contributed by atoms with Crippen LogP contribution in [0.25, 0.3) is 0 Å². The van der Waals surface area contributed by atoms with E-state index in [0.29, 0.717) is 0 Å². The maximum absolute atomic E-state index is 12.6. The van der Waals surface area contributed by atoms with Crippen LogP contribution in [0.5, 0.6) is 11.5 Å². The average Bonchev–Trinajstić information content (AvgIpc) is 2.60. The van der Waals surface area contributed by atoms with Gasteiger partial charge in [0.1, 0.15) is 11.5 Å². The van der Waals surface area contributed by atoms with Gasteiger partial charge in [-0.2, -0.15) is 0 Å². The number of hydrogen-bond acceptors (Lipinski definition) is 3. The Morgan fingerprint density at radius 1 is 1.04 bits per heavy atom. The molecule has 0 radical (unpaired) electrons. The van der Waals surface area contributed by atoms with Crippen LogP contribution >= 0.6 is 0 Å². The summed E-state index contributed by atoms with van der Waals surface area (Å²) in [5.74, 6) is 1.53. The summed E-state index contributed by atoms with van der Waals surface area (Å²) in [5.41, 5.74) is 2.89. The molecular formula is C19H22N2O3. The van der Waals surface area contributed by atoms with Crippen LogP contribution in [-0.2, 0) is 0 Å². The third-order valence-corrected chi connectivity index (χ3v) is 4.24. The van der Waals surface area contributed by atoms with E-state index in [0.717, 1.165) is 28.3 Å². The Labute approximate surface area is 142 Å². The first-order valence-corrected chi connectivity index (χ1v) is 7.96. The molecule has 1 heterocycles. The van der Waals surface area contributed by atoms with Gasteiger partial charge in [-0.05, 0) is 49.7 Å². The molecule has 1 aliphatic heterocycles. The summed E-state index contributed by atoms with van der Waals surface area (Å²) < 4.78 is 10.7. The Balaban J connectivity index is 2.14. The van der Waals surface area contributed by atoms with Crippen molar-refractivity contribution in [1.29, 1.82) is 0 Å². The number of urea groups is 1. The van der Waals surface area contributed by atoms with Crippen LogP contribution in [0.3, 0.4) is 0 Å². The lowest BCUT2D eigenvalue weighted by atomic mass is 9.94. The van der Waals surface area contributed by atoms with Crippen LogP contribution in [0.4, 0.5) is 10.5 Å². The lowest BCUT2D eigenvalue weighted by molar-refractivity contribution is 0.241. The van der Waals surface area contributed by atoms with Crippen molar-refractivity contribution in [3.63, 3.8) is 0 Å². The Hall–Kier alpha value is -2.69. The number of amides is 2. The summed E-state index contributed by atoms with van der Waals surface area (Å²) in [6.07, 6.45) is 0. The molecule has 5 nitrogen and oxygen atoms in total. The SMILES string of the molecule is COc1cccc(C2NC(=O)N(C(C)C)c3ccc(OC)cc32)c1. The van der Waals surface area contributed by atoms with Gasteiger partial charge in [0, 0.05) is 11.6 Å². The van der Waals surface area contributed by atoms with Crippen molar-refractivity contribution >= 4 is 11.7 Å². The molecule has 1 unspecified atom stereocenters. The molecular weight excluding hydrogens is 304 g/mol. The van der Waals surface area contributed by atoms with Crippen LogP contribution < -0.4 is 19.7 Å². The number of nitrogens with one attached hydrogen (secondary N) is 1. The number of benzene rings is 2. The highest BCUT2D eigenvalue weighted by Crippen LogP contribution is 2.38. The maximum Gasteiger partial charge on any atom is 0.322 e. The molecule has 1 atom stereocenters. The van der Waals surface area contributed by atoms with Crippen molar-refractivity contribution in [2.45, 2.75) is 25.9 Å². The first-order valence-electron chi connectivity index (χ1n) is 7.96. The van der Waals surface area contributed by atoms with E-state index in [1.54, 1.807) is 19.1 Å². The second-order valence-corrected chi connectivity index (χ2v) is 6.05. The summed E-state index contributed by atoms with van der Waals surface area (Å²) >= 11 is 0. The number of anilines is 1. The second-order valence-electron chi connectivity index (χ2n) is 6.05. The van der Waals surface area contributed by atoms with Gasteiger partial charge in [0.15, 0.2) is 0 Å². The number of hydrogen-bond donors (Lipinski definition) is 1. The summed E-state index contributed by atoms with van der Waals surface area (Å²) in [4.78, 5) is 14.4. The van der Waals surface area contributed by atoms with E-state index in [9.17, 15) is 4.79 Å². The Morgan fingerprint density at radius 3 is 2.42 bits per heavy atom. The normalized spacial score (nSPS) is 16.6. The maximum atomic E-state index is 12.6. The lowest BCUT2D eigenvalue weighted by Crippen LogP contribution is -2.50. The summed E-state index contributed by atoms with van der Waals surface area (Å²) in [7, 11) is 3.28. The zero-order valence-corrected chi connectivity index (χ0v) is 14.4. The van der Waals surface area contributed by atoms with Crippen molar-refractivity contribution in [1.82, 2.24) is 5.32 Å². The molecule has 2 aromatic rings. The quantitative estimate of drug-likeness (QED) is 0.931. The van der Waals surface area contributed by atoms with E-state index in [1.807, 2.05) is 56.3 Å². The number of nitrogens with zero attached hydrogens (tertiary/aromatic N) is 1. The molecule has 0 bridgehead atoms. The predicted octanol–water partition coefficient (Wildman–Crippen LogP) is 3.73. The lowest BCUT2D eigenvalue weighted by Gasteiger charge is -2.37. The van der Waals surface area contributed by atoms with E-state index in [4.69, 9.17) is 9.47 Å². The molecule has 0 saturated heterocycles. The van der Waals surface area contributed by atoms with Gasteiger partial charge in [0.2, 0.25) is 0 Å². The van der Waals surface area contributed by atoms with Crippen molar-refractivity contribution in [2.75, 3.05) is 19.1 Å². The fourth-order valence-corrected chi connectivity index (χ4v) is 3.09. The minimum atomic E-state index is -0.243. The van der Waals surface area contributed by atoms with E-state index >= 15 is 0 Å². The Kier molecular flexibility index (Phi) is 4.34. The number of carbonyl (C=O) groups excluding carboxylic acids is 1. The van der Waals surface area contributed by atoms with Gasteiger partial charge in [-0.3, -0.25) is 4.90 Å². The molecule has 2 aromatic carbocycles. The largest absolute Gasteiger partial charge is 0.497 e. The zero-order chi connectivity index (χ0) is 17.3. The molecule has 3 rings (SSSR count). The second kappa shape index (κ2) is 6.43. The number of methoxy groups -OCH3 is 2. The third kappa shape index (κ3) is 2.77. The van der Waals surface area contributed by atoms with Gasteiger partial charge in [0.25, 0.3) is 0 Å². The van der Waals surface area contributed by atoms with Crippen molar-refractivity contribution in [2.24, 2.45) is 0 Å². The first kappa shape index (κ1) is 16.2. The van der Waals surface area contributed by atoms with Gasteiger partial charge in [-0.15, -0.1) is 0 Å². The van der Waals surface area contributed by atoms with Crippen LogP contribution in [0, 0.1) is 0 Å². The van der Waals surface area contributed by atoms with Gasteiger partial charge in [-0.25, -0.2) is 4.79 Å². The van der Waals surface area contributed by atoms with Crippen molar-refractivity contribution in [3.8, 4) is 11.5 Å². The van der Waals surface area contributed by atoms with Gasteiger partial charge in [0.05, 0.1) is 25.9 Å². The van der Waals surface area contributed by atoms with Crippen molar-refractivity contribution in [3.05, 3.63) is 53.6 Å². The predicted molar refractivity (Wildman–Crippen MR) is 94.0 cm³/mol. The third-order valence-electron chi connectivity index (χ3n) is 4.24. The highest BCUT2D eigenvalue weighted by atomic mass is 16.5. The molecule has 24 heavy (non-hydrogen) atoms. The molecule has 0 aromatic heterocycles. The van der Waals surface area contributed by atoms with Crippen LogP contribution in [0.1, 0.15) is 31.0 Å². The summed E-state index contributed by atoms with van der Waals surface area (Å²) in [6.45, 7) is 4.00. The molecule has 1 N–H and O–H groups in total. The molecule has 0 spiro atoms. The minimum absolute atomic E-state index is 0.0587. The summed E-state index contributed by atoms with van der Waals surface area (Å²) in [6, 6.07) is 13.3. The monoisotopic (exact) mass is 326 g/mol. The van der Waals surface area contributed by atoms with Crippen LogP contribution in [-0.4, -0.2) is 26.3 Å². The molecule has 126 valence electrons. The molecule has 1 aliphatic rings. The fraction of sp³-hybridized carbons (Fsp3) is 0.316. The van der Waals surface area contributed by atoms with Crippen LogP contribution in [0.15, 0.2) is 42.5 Å². The number of rotatable bonds is 4. The molecule has 0 saturated carbocycles. The van der Waals surface area contributed by atoms with Gasteiger partial charge in [-0.1, -0.05) is 12.1 Å². The standard InChI is InChI=1S/C19H22N2O3/c1-12(2)21-17-9-8-15(24-4)11-16(17)18(20-19(21)22)13-6-5-7-14(10-13)23-3/h5-12,18H,1-4H3,(H,20,22). The van der Waals surface area contributed by atoms with Gasteiger partial charge < -0.3 is 14.8 Å².